The van der Waals surface area contributed by atoms with Gasteiger partial charge in [-0.15, -0.1) is 0 Å². The molecule has 1 rings (SSSR count). The van der Waals surface area contributed by atoms with Gasteiger partial charge in [0.25, 0.3) is 0 Å². The first kappa shape index (κ1) is 9.00. The van der Waals surface area contributed by atoms with E-state index in [0.29, 0.717) is 6.04 Å². The van der Waals surface area contributed by atoms with Crippen LogP contribution in [0.15, 0.2) is 0 Å². The Bertz CT molecular complexity index is 219. The second kappa shape index (κ2) is 3.11. The van der Waals surface area contributed by atoms with E-state index in [0.717, 1.165) is 0 Å². The molecule has 0 aromatic rings. The average Bonchev–Trinajstić information content (AvgIpc) is 2.42. The van der Waals surface area contributed by atoms with Crippen LogP contribution in [0.5, 0.6) is 0 Å². The van der Waals surface area contributed by atoms with Crippen LogP contribution in [-0.2, 0) is 9.84 Å². The van der Waals surface area contributed by atoms with Crippen LogP contribution in [0.25, 0.3) is 0 Å². The molecule has 0 radical (unpaired) electrons. The van der Waals surface area contributed by atoms with Crippen molar-refractivity contribution in [2.24, 2.45) is 0 Å². The van der Waals surface area contributed by atoms with Crippen LogP contribution in [0.4, 0.5) is 0 Å². The molecule has 11 heavy (non-hydrogen) atoms. The van der Waals surface area contributed by atoms with E-state index in [9.17, 15) is 8.42 Å². The van der Waals surface area contributed by atoms with Gasteiger partial charge in [-0.3, -0.25) is 0 Å². The van der Waals surface area contributed by atoms with E-state index < -0.39 is 9.84 Å². The fraction of sp³-hybridized carbons (Fsp3) is 1.00. The SMILES string of the molecule is C[C@@H](CS(C)(=O)=O)NC1CC1. The van der Waals surface area contributed by atoms with Crippen LogP contribution in [0, 0.1) is 0 Å². The highest BCUT2D eigenvalue weighted by Crippen LogP contribution is 2.19. The van der Waals surface area contributed by atoms with Gasteiger partial charge in [0.1, 0.15) is 9.84 Å². The summed E-state index contributed by atoms with van der Waals surface area (Å²) in [6.45, 7) is 1.92. The van der Waals surface area contributed by atoms with Crippen molar-refractivity contribution in [3.8, 4) is 0 Å². The number of hydrogen-bond acceptors (Lipinski definition) is 3. The lowest BCUT2D eigenvalue weighted by Crippen LogP contribution is -2.34. The Hall–Kier alpha value is -0.0900. The molecule has 0 saturated heterocycles. The minimum Gasteiger partial charge on any atom is -0.310 e. The molecule has 1 N–H and O–H groups in total. The van der Waals surface area contributed by atoms with Gasteiger partial charge in [0.05, 0.1) is 5.75 Å². The van der Waals surface area contributed by atoms with Gasteiger partial charge in [-0.1, -0.05) is 0 Å². The molecule has 0 aliphatic heterocycles. The summed E-state index contributed by atoms with van der Waals surface area (Å²) < 4.78 is 21.6. The molecule has 1 atom stereocenters. The Labute approximate surface area is 68.1 Å². The lowest BCUT2D eigenvalue weighted by atomic mass is 10.4. The topological polar surface area (TPSA) is 46.2 Å². The summed E-state index contributed by atoms with van der Waals surface area (Å²) in [7, 11) is -2.80. The molecule has 0 spiro atoms. The van der Waals surface area contributed by atoms with Gasteiger partial charge >= 0.3 is 0 Å². The standard InChI is InChI=1S/C7H15NO2S/c1-6(5-11(2,9)10)8-7-3-4-7/h6-8H,3-5H2,1-2H3/t6-/m0/s1. The van der Waals surface area contributed by atoms with E-state index in [4.69, 9.17) is 0 Å². The Kier molecular flexibility index (Phi) is 2.54. The van der Waals surface area contributed by atoms with E-state index in [-0.39, 0.29) is 11.8 Å². The van der Waals surface area contributed by atoms with Crippen molar-refractivity contribution in [1.82, 2.24) is 5.32 Å². The average molecular weight is 177 g/mol. The van der Waals surface area contributed by atoms with Crippen LogP contribution in [0.3, 0.4) is 0 Å². The summed E-state index contributed by atoms with van der Waals surface area (Å²) in [4.78, 5) is 0. The minimum absolute atomic E-state index is 0.109. The first-order valence-electron chi connectivity index (χ1n) is 3.91. The molecule has 4 heteroatoms. The molecule has 3 nitrogen and oxygen atoms in total. The predicted molar refractivity (Wildman–Crippen MR) is 45.3 cm³/mol. The highest BCUT2D eigenvalue weighted by Gasteiger charge is 2.23. The highest BCUT2D eigenvalue weighted by atomic mass is 32.2. The van der Waals surface area contributed by atoms with Crippen molar-refractivity contribution < 1.29 is 8.42 Å². The molecule has 1 aliphatic carbocycles. The number of hydrogen-bond donors (Lipinski definition) is 1. The summed E-state index contributed by atoms with van der Waals surface area (Å²) >= 11 is 0. The highest BCUT2D eigenvalue weighted by molar-refractivity contribution is 7.90. The van der Waals surface area contributed by atoms with Crippen molar-refractivity contribution in [1.29, 1.82) is 0 Å². The third kappa shape index (κ3) is 4.37. The molecule has 1 aliphatic rings. The van der Waals surface area contributed by atoms with E-state index in [1.165, 1.54) is 19.1 Å². The van der Waals surface area contributed by atoms with Crippen LogP contribution in [-0.4, -0.2) is 32.5 Å². The summed E-state index contributed by atoms with van der Waals surface area (Å²) in [6, 6.07) is 0.698. The van der Waals surface area contributed by atoms with Crippen LogP contribution >= 0.6 is 0 Å². The van der Waals surface area contributed by atoms with Crippen molar-refractivity contribution >= 4 is 9.84 Å². The van der Waals surface area contributed by atoms with Gasteiger partial charge < -0.3 is 5.32 Å². The lowest BCUT2D eigenvalue weighted by Gasteiger charge is -2.10. The minimum atomic E-state index is -2.80. The maximum absolute atomic E-state index is 10.8. The zero-order valence-corrected chi connectivity index (χ0v) is 7.82. The second-order valence-corrected chi connectivity index (χ2v) is 5.62. The van der Waals surface area contributed by atoms with Crippen LogP contribution < -0.4 is 5.32 Å². The van der Waals surface area contributed by atoms with E-state index >= 15 is 0 Å². The molecule has 0 bridgehead atoms. The normalized spacial score (nSPS) is 21.6. The van der Waals surface area contributed by atoms with Crippen molar-refractivity contribution in [3.63, 3.8) is 0 Å². The largest absolute Gasteiger partial charge is 0.310 e. The fourth-order valence-corrected chi connectivity index (χ4v) is 2.16. The van der Waals surface area contributed by atoms with Gasteiger partial charge in [0, 0.05) is 18.3 Å². The van der Waals surface area contributed by atoms with Crippen LogP contribution in [0.2, 0.25) is 0 Å². The molecule has 0 heterocycles. The quantitative estimate of drug-likeness (QED) is 0.666. The molecule has 0 amide bonds. The Morgan fingerprint density at radius 2 is 2.09 bits per heavy atom. The van der Waals surface area contributed by atoms with Crippen LogP contribution in [0.1, 0.15) is 19.8 Å². The van der Waals surface area contributed by atoms with Gasteiger partial charge in [0.2, 0.25) is 0 Å². The van der Waals surface area contributed by atoms with Gasteiger partial charge in [0.15, 0.2) is 0 Å². The molecule has 1 saturated carbocycles. The molecule has 0 aromatic heterocycles. The predicted octanol–water partition coefficient (Wildman–Crippen LogP) is 0.172. The summed E-state index contributed by atoms with van der Waals surface area (Å²) in [6.07, 6.45) is 3.68. The Morgan fingerprint density at radius 3 is 2.45 bits per heavy atom. The van der Waals surface area contributed by atoms with E-state index in [2.05, 4.69) is 5.32 Å². The van der Waals surface area contributed by atoms with Crippen molar-refractivity contribution in [2.75, 3.05) is 12.0 Å². The lowest BCUT2D eigenvalue weighted by molar-refractivity contribution is 0.558. The monoisotopic (exact) mass is 177 g/mol. The van der Waals surface area contributed by atoms with E-state index in [1.807, 2.05) is 6.92 Å². The van der Waals surface area contributed by atoms with Crippen molar-refractivity contribution in [3.05, 3.63) is 0 Å². The van der Waals surface area contributed by atoms with E-state index in [1.54, 1.807) is 0 Å². The molecule has 66 valence electrons. The molecular weight excluding hydrogens is 162 g/mol. The maximum Gasteiger partial charge on any atom is 0.148 e. The van der Waals surface area contributed by atoms with Gasteiger partial charge in [-0.05, 0) is 19.8 Å². The fourth-order valence-electron chi connectivity index (χ4n) is 1.15. The maximum atomic E-state index is 10.8. The zero-order chi connectivity index (χ0) is 8.48. The van der Waals surface area contributed by atoms with Gasteiger partial charge in [-0.2, -0.15) is 0 Å². The molecular formula is C7H15NO2S. The Balaban J connectivity index is 2.24. The molecule has 0 aromatic carbocycles. The molecule has 1 fully saturated rings. The molecule has 0 unspecified atom stereocenters. The van der Waals surface area contributed by atoms with Gasteiger partial charge in [-0.25, -0.2) is 8.42 Å². The van der Waals surface area contributed by atoms with Crippen molar-refractivity contribution in [2.45, 2.75) is 31.8 Å². The number of nitrogens with one attached hydrogen (secondary N) is 1. The zero-order valence-electron chi connectivity index (χ0n) is 7.00. The first-order valence-corrected chi connectivity index (χ1v) is 5.97. The smallest absolute Gasteiger partial charge is 0.148 e. The number of rotatable bonds is 4. The number of sulfone groups is 1. The summed E-state index contributed by atoms with van der Waals surface area (Å²) in [5.41, 5.74) is 0. The third-order valence-electron chi connectivity index (χ3n) is 1.65. The third-order valence-corrected chi connectivity index (χ3v) is 2.76. The summed E-state index contributed by atoms with van der Waals surface area (Å²) in [5, 5.41) is 3.23. The summed E-state index contributed by atoms with van der Waals surface area (Å²) in [5.74, 6) is 0.253. The Morgan fingerprint density at radius 1 is 1.55 bits per heavy atom. The first-order chi connectivity index (χ1) is 4.97. The second-order valence-electron chi connectivity index (χ2n) is 3.43.